The zero-order valence-electron chi connectivity index (χ0n) is 10.3. The number of ether oxygens (including phenoxy) is 2. The average molecular weight is 249 g/mol. The Balaban J connectivity index is 3.14. The molecule has 0 radical (unpaired) electrons. The Morgan fingerprint density at radius 1 is 1.33 bits per heavy atom. The lowest BCUT2D eigenvalue weighted by Gasteiger charge is -2.12. The Hall–Kier alpha value is -2.17. The molecule has 0 unspecified atom stereocenters. The second-order valence-corrected chi connectivity index (χ2v) is 3.39. The largest absolute Gasteiger partial charge is 0.496 e. The smallest absolute Gasteiger partial charge is 0.130 e. The molecule has 1 aromatic carbocycles. The summed E-state index contributed by atoms with van der Waals surface area (Å²) < 4.78 is 10.5. The highest BCUT2D eigenvalue weighted by Gasteiger charge is 2.09. The third-order valence-electron chi connectivity index (χ3n) is 2.32. The highest BCUT2D eigenvalue weighted by Crippen LogP contribution is 2.31. The number of nitrogens with zero attached hydrogens (tertiary/aromatic N) is 3. The van der Waals surface area contributed by atoms with Gasteiger partial charge in [-0.3, -0.25) is 0 Å². The van der Waals surface area contributed by atoms with Crippen molar-refractivity contribution in [3.05, 3.63) is 39.8 Å². The summed E-state index contributed by atoms with van der Waals surface area (Å²) in [5.74, 6) is 1.19. The minimum Gasteiger partial charge on any atom is -0.496 e. The van der Waals surface area contributed by atoms with Crippen molar-refractivity contribution < 1.29 is 14.6 Å². The maximum Gasteiger partial charge on any atom is 0.130 e. The van der Waals surface area contributed by atoms with Crippen LogP contribution >= 0.6 is 0 Å². The molecule has 0 aliphatic carbocycles. The van der Waals surface area contributed by atoms with Crippen molar-refractivity contribution in [2.24, 2.45) is 5.11 Å². The van der Waals surface area contributed by atoms with Gasteiger partial charge in [0.2, 0.25) is 0 Å². The van der Waals surface area contributed by atoms with E-state index in [1.807, 2.05) is 0 Å². The molecular weight excluding hydrogens is 234 g/mol. The van der Waals surface area contributed by atoms with Crippen LogP contribution in [-0.2, 0) is 6.61 Å². The minimum absolute atomic E-state index is 0.0879. The molecule has 0 atom stereocenters. The van der Waals surface area contributed by atoms with E-state index in [-0.39, 0.29) is 13.2 Å². The zero-order valence-corrected chi connectivity index (χ0v) is 10.3. The van der Waals surface area contributed by atoms with Crippen molar-refractivity contribution >= 4 is 6.08 Å². The lowest BCUT2D eigenvalue weighted by atomic mass is 10.1. The summed E-state index contributed by atoms with van der Waals surface area (Å²) in [6.07, 6.45) is 3.46. The van der Waals surface area contributed by atoms with E-state index in [0.29, 0.717) is 17.1 Å². The summed E-state index contributed by atoms with van der Waals surface area (Å²) in [6, 6.07) is 3.46. The first-order valence-electron chi connectivity index (χ1n) is 5.30. The number of azide groups is 1. The SMILES string of the molecule is COc1cc(CO)cc(OC)c1C=CCN=[N+]=[N-]. The molecule has 0 spiro atoms. The molecule has 0 bridgehead atoms. The third kappa shape index (κ3) is 3.41. The maximum atomic E-state index is 9.13. The van der Waals surface area contributed by atoms with E-state index in [2.05, 4.69) is 10.0 Å². The molecule has 0 heterocycles. The number of hydrogen-bond acceptors (Lipinski definition) is 4. The maximum absolute atomic E-state index is 9.13. The van der Waals surface area contributed by atoms with Gasteiger partial charge in [0.05, 0.1) is 26.4 Å². The molecule has 0 saturated heterocycles. The summed E-state index contributed by atoms with van der Waals surface area (Å²) in [7, 11) is 3.08. The van der Waals surface area contributed by atoms with Gasteiger partial charge in [-0.1, -0.05) is 17.3 Å². The molecule has 1 rings (SSSR count). The molecule has 96 valence electrons. The van der Waals surface area contributed by atoms with E-state index < -0.39 is 0 Å². The van der Waals surface area contributed by atoms with E-state index in [1.165, 1.54) is 0 Å². The zero-order chi connectivity index (χ0) is 13.4. The predicted octanol–water partition coefficient (Wildman–Crippen LogP) is 2.52. The highest BCUT2D eigenvalue weighted by molar-refractivity contribution is 5.65. The second kappa shape index (κ2) is 7.21. The first-order chi connectivity index (χ1) is 8.76. The Labute approximate surface area is 105 Å². The molecule has 0 aliphatic heterocycles. The molecule has 1 aromatic rings. The first-order valence-corrected chi connectivity index (χ1v) is 5.30. The van der Waals surface area contributed by atoms with Crippen molar-refractivity contribution in [1.82, 2.24) is 0 Å². The molecule has 1 N–H and O–H groups in total. The Morgan fingerprint density at radius 3 is 2.39 bits per heavy atom. The van der Waals surface area contributed by atoms with E-state index in [1.54, 1.807) is 38.5 Å². The van der Waals surface area contributed by atoms with Crippen LogP contribution in [0.2, 0.25) is 0 Å². The number of hydrogen-bond donors (Lipinski definition) is 1. The van der Waals surface area contributed by atoms with Gasteiger partial charge in [0, 0.05) is 11.5 Å². The monoisotopic (exact) mass is 249 g/mol. The van der Waals surface area contributed by atoms with Crippen LogP contribution in [0.15, 0.2) is 23.3 Å². The van der Waals surface area contributed by atoms with Crippen LogP contribution in [0.5, 0.6) is 11.5 Å². The summed E-state index contributed by atoms with van der Waals surface area (Å²) in [5, 5.41) is 12.5. The molecule has 6 nitrogen and oxygen atoms in total. The number of benzene rings is 1. The summed E-state index contributed by atoms with van der Waals surface area (Å²) >= 11 is 0. The van der Waals surface area contributed by atoms with E-state index in [0.717, 1.165) is 5.56 Å². The summed E-state index contributed by atoms with van der Waals surface area (Å²) in [5.41, 5.74) is 9.63. The van der Waals surface area contributed by atoms with Crippen molar-refractivity contribution in [2.75, 3.05) is 20.8 Å². The Morgan fingerprint density at radius 2 is 1.94 bits per heavy atom. The van der Waals surface area contributed by atoms with Gasteiger partial charge >= 0.3 is 0 Å². The Kier molecular flexibility index (Phi) is 5.57. The minimum atomic E-state index is -0.0879. The summed E-state index contributed by atoms with van der Waals surface area (Å²) in [6.45, 7) is 0.167. The van der Waals surface area contributed by atoms with Crippen LogP contribution in [0, 0.1) is 0 Å². The molecular formula is C12H15N3O3. The van der Waals surface area contributed by atoms with Gasteiger partial charge in [-0.05, 0) is 23.2 Å². The van der Waals surface area contributed by atoms with Gasteiger partial charge in [-0.15, -0.1) is 0 Å². The average Bonchev–Trinajstić information content (AvgIpc) is 2.42. The van der Waals surface area contributed by atoms with Crippen LogP contribution < -0.4 is 9.47 Å². The fourth-order valence-corrected chi connectivity index (χ4v) is 1.50. The van der Waals surface area contributed by atoms with E-state index in [9.17, 15) is 0 Å². The molecule has 0 aliphatic rings. The standard InChI is InChI=1S/C12H15N3O3/c1-17-11-6-9(8-16)7-12(18-2)10(11)4-3-5-14-15-13/h3-4,6-7,16H,5,8H2,1-2H3. The normalized spacial score (nSPS) is 10.2. The first kappa shape index (κ1) is 13.9. The molecule has 0 saturated carbocycles. The van der Waals surface area contributed by atoms with Gasteiger partial charge in [-0.25, -0.2) is 0 Å². The van der Waals surface area contributed by atoms with Crippen LogP contribution in [0.1, 0.15) is 11.1 Å². The predicted molar refractivity (Wildman–Crippen MR) is 68.5 cm³/mol. The van der Waals surface area contributed by atoms with Crippen LogP contribution in [0.3, 0.4) is 0 Å². The number of rotatable bonds is 6. The fraction of sp³-hybridized carbons (Fsp3) is 0.333. The molecule has 18 heavy (non-hydrogen) atoms. The lowest BCUT2D eigenvalue weighted by molar-refractivity contribution is 0.280. The number of aliphatic hydroxyl groups excluding tert-OH is 1. The quantitative estimate of drug-likeness (QED) is 0.477. The molecule has 0 aromatic heterocycles. The van der Waals surface area contributed by atoms with Crippen molar-refractivity contribution in [1.29, 1.82) is 0 Å². The topological polar surface area (TPSA) is 87.5 Å². The van der Waals surface area contributed by atoms with E-state index in [4.69, 9.17) is 20.1 Å². The molecule has 0 amide bonds. The van der Waals surface area contributed by atoms with Crippen molar-refractivity contribution in [2.45, 2.75) is 6.61 Å². The van der Waals surface area contributed by atoms with E-state index >= 15 is 0 Å². The van der Waals surface area contributed by atoms with Crippen LogP contribution in [-0.4, -0.2) is 25.9 Å². The van der Waals surface area contributed by atoms with Gasteiger partial charge in [0.1, 0.15) is 11.5 Å². The van der Waals surface area contributed by atoms with Gasteiger partial charge in [0.25, 0.3) is 0 Å². The number of methoxy groups -OCH3 is 2. The van der Waals surface area contributed by atoms with Gasteiger partial charge < -0.3 is 14.6 Å². The number of aliphatic hydroxyl groups is 1. The summed E-state index contributed by atoms with van der Waals surface area (Å²) in [4.78, 5) is 2.66. The van der Waals surface area contributed by atoms with Crippen molar-refractivity contribution in [3.63, 3.8) is 0 Å². The van der Waals surface area contributed by atoms with Gasteiger partial charge in [-0.2, -0.15) is 0 Å². The molecule has 0 fully saturated rings. The second-order valence-electron chi connectivity index (χ2n) is 3.39. The highest BCUT2D eigenvalue weighted by atomic mass is 16.5. The van der Waals surface area contributed by atoms with Gasteiger partial charge in [0.15, 0.2) is 0 Å². The van der Waals surface area contributed by atoms with Crippen LogP contribution in [0.25, 0.3) is 16.5 Å². The third-order valence-corrected chi connectivity index (χ3v) is 2.32. The lowest BCUT2D eigenvalue weighted by Crippen LogP contribution is -1.95. The fourth-order valence-electron chi connectivity index (χ4n) is 1.50. The van der Waals surface area contributed by atoms with Crippen LogP contribution in [0.4, 0.5) is 0 Å². The molecule has 6 heteroatoms. The van der Waals surface area contributed by atoms with Crippen molar-refractivity contribution in [3.8, 4) is 11.5 Å². The Bertz CT molecular complexity index is 454.